The van der Waals surface area contributed by atoms with E-state index in [9.17, 15) is 9.59 Å². The van der Waals surface area contributed by atoms with Crippen LogP contribution in [0, 0.1) is 6.92 Å². The van der Waals surface area contributed by atoms with Gasteiger partial charge in [-0.25, -0.2) is 9.59 Å². The van der Waals surface area contributed by atoms with Crippen molar-refractivity contribution in [3.05, 3.63) is 28.8 Å². The number of carbonyl (C=O) groups excluding carboxylic acids is 1. The molecule has 1 aliphatic rings. The number of rotatable bonds is 2. The first-order valence-electron chi connectivity index (χ1n) is 5.64. The minimum absolute atomic E-state index is 0.377. The molecule has 1 aromatic rings. The van der Waals surface area contributed by atoms with Crippen molar-refractivity contribution >= 4 is 41.1 Å². The van der Waals surface area contributed by atoms with Crippen LogP contribution in [0.5, 0.6) is 0 Å². The summed E-state index contributed by atoms with van der Waals surface area (Å²) in [5, 5.41) is 12.3. The molecule has 19 heavy (non-hydrogen) atoms. The molecule has 2 rings (SSSR count). The van der Waals surface area contributed by atoms with Crippen LogP contribution in [0.3, 0.4) is 0 Å². The average molecular weight is 301 g/mol. The van der Waals surface area contributed by atoms with Gasteiger partial charge < -0.3 is 15.3 Å². The summed E-state index contributed by atoms with van der Waals surface area (Å²) in [5.74, 6) is -0.192. The molecule has 2 amide bonds. The molecule has 1 aliphatic heterocycles. The van der Waals surface area contributed by atoms with Gasteiger partial charge in [0.15, 0.2) is 0 Å². The first kappa shape index (κ1) is 14.0. The first-order chi connectivity index (χ1) is 9.00. The topological polar surface area (TPSA) is 69.6 Å². The quantitative estimate of drug-likeness (QED) is 0.881. The van der Waals surface area contributed by atoms with Crippen LogP contribution in [0.4, 0.5) is 10.5 Å². The zero-order valence-corrected chi connectivity index (χ0v) is 11.8. The second-order valence-electron chi connectivity index (χ2n) is 4.17. The van der Waals surface area contributed by atoms with Gasteiger partial charge in [-0.2, -0.15) is 0 Å². The number of carboxylic acids is 1. The van der Waals surface area contributed by atoms with Gasteiger partial charge in [-0.1, -0.05) is 17.7 Å². The molecule has 1 saturated heterocycles. The SMILES string of the molecule is Cc1c(Cl)cccc1NC(=O)N1CSC[C@H]1C(=O)O. The Morgan fingerprint density at radius 2 is 2.26 bits per heavy atom. The Morgan fingerprint density at radius 1 is 1.53 bits per heavy atom. The van der Waals surface area contributed by atoms with Crippen molar-refractivity contribution in [3.8, 4) is 0 Å². The molecule has 1 fully saturated rings. The van der Waals surface area contributed by atoms with E-state index in [-0.39, 0.29) is 0 Å². The van der Waals surface area contributed by atoms with Gasteiger partial charge in [-0.3, -0.25) is 0 Å². The number of thioether (sulfide) groups is 1. The monoisotopic (exact) mass is 300 g/mol. The van der Waals surface area contributed by atoms with E-state index in [1.54, 1.807) is 25.1 Å². The molecule has 2 N–H and O–H groups in total. The number of nitrogens with zero attached hydrogens (tertiary/aromatic N) is 1. The minimum atomic E-state index is -0.983. The maximum atomic E-state index is 12.1. The highest BCUT2D eigenvalue weighted by Gasteiger charge is 2.34. The third-order valence-electron chi connectivity index (χ3n) is 2.94. The van der Waals surface area contributed by atoms with E-state index in [1.165, 1.54) is 16.7 Å². The molecular weight excluding hydrogens is 288 g/mol. The highest BCUT2D eigenvalue weighted by Crippen LogP contribution is 2.25. The maximum absolute atomic E-state index is 12.1. The number of benzene rings is 1. The van der Waals surface area contributed by atoms with Crippen LogP contribution in [0.2, 0.25) is 5.02 Å². The molecule has 1 heterocycles. The van der Waals surface area contributed by atoms with Crippen molar-refractivity contribution in [3.63, 3.8) is 0 Å². The van der Waals surface area contributed by atoms with Crippen LogP contribution in [0.25, 0.3) is 0 Å². The van der Waals surface area contributed by atoms with Crippen LogP contribution in [-0.4, -0.2) is 39.7 Å². The number of hydrogen-bond acceptors (Lipinski definition) is 3. The van der Waals surface area contributed by atoms with E-state index in [0.717, 1.165) is 5.56 Å². The summed E-state index contributed by atoms with van der Waals surface area (Å²) >= 11 is 7.40. The van der Waals surface area contributed by atoms with Gasteiger partial charge in [0.05, 0.1) is 5.88 Å². The second kappa shape index (κ2) is 5.71. The summed E-state index contributed by atoms with van der Waals surface area (Å²) in [6.45, 7) is 1.80. The smallest absolute Gasteiger partial charge is 0.327 e. The standard InChI is InChI=1S/C12H13ClN2O3S/c1-7-8(13)3-2-4-9(7)14-12(18)15-6-19-5-10(15)11(16)17/h2-4,10H,5-6H2,1H3,(H,14,18)(H,16,17)/t10-/m0/s1. The highest BCUT2D eigenvalue weighted by molar-refractivity contribution is 7.99. The van der Waals surface area contributed by atoms with E-state index in [1.807, 2.05) is 0 Å². The Morgan fingerprint density at radius 3 is 2.95 bits per heavy atom. The van der Waals surface area contributed by atoms with Gasteiger partial charge in [0, 0.05) is 16.5 Å². The largest absolute Gasteiger partial charge is 0.480 e. The van der Waals surface area contributed by atoms with Crippen molar-refractivity contribution in [2.45, 2.75) is 13.0 Å². The van der Waals surface area contributed by atoms with E-state index < -0.39 is 18.0 Å². The lowest BCUT2D eigenvalue weighted by molar-refractivity contribution is -0.140. The summed E-state index contributed by atoms with van der Waals surface area (Å²) in [6.07, 6.45) is 0. The molecular formula is C12H13ClN2O3S. The molecule has 102 valence electrons. The number of halogens is 1. The van der Waals surface area contributed by atoms with Gasteiger partial charge >= 0.3 is 12.0 Å². The fraction of sp³-hybridized carbons (Fsp3) is 0.333. The number of carboxylic acid groups (broad SMARTS) is 1. The fourth-order valence-electron chi connectivity index (χ4n) is 1.78. The molecule has 1 atom stereocenters. The number of carbonyl (C=O) groups is 2. The lowest BCUT2D eigenvalue weighted by Gasteiger charge is -2.21. The van der Waals surface area contributed by atoms with Gasteiger partial charge in [-0.05, 0) is 24.6 Å². The number of amides is 2. The zero-order valence-electron chi connectivity index (χ0n) is 10.2. The maximum Gasteiger partial charge on any atom is 0.327 e. The summed E-state index contributed by atoms with van der Waals surface area (Å²) < 4.78 is 0. The minimum Gasteiger partial charge on any atom is -0.480 e. The predicted octanol–water partition coefficient (Wildman–Crippen LogP) is 2.64. The van der Waals surface area contributed by atoms with E-state index in [0.29, 0.717) is 22.3 Å². The average Bonchev–Trinajstić information content (AvgIpc) is 2.84. The molecule has 0 aromatic heterocycles. The Bertz CT molecular complexity index is 524. The van der Waals surface area contributed by atoms with Crippen LogP contribution in [0.1, 0.15) is 5.56 Å². The van der Waals surface area contributed by atoms with Gasteiger partial charge in [0.25, 0.3) is 0 Å². The summed E-state index contributed by atoms with van der Waals surface area (Å²) in [6, 6.07) is 4.02. The molecule has 0 aliphatic carbocycles. The third kappa shape index (κ3) is 2.96. The molecule has 5 nitrogen and oxygen atoms in total. The zero-order chi connectivity index (χ0) is 14.0. The van der Waals surface area contributed by atoms with Crippen LogP contribution < -0.4 is 5.32 Å². The molecule has 0 saturated carbocycles. The van der Waals surface area contributed by atoms with Gasteiger partial charge in [0.2, 0.25) is 0 Å². The van der Waals surface area contributed by atoms with Crippen molar-refractivity contribution in [1.29, 1.82) is 0 Å². The van der Waals surface area contributed by atoms with Crippen LogP contribution >= 0.6 is 23.4 Å². The Hall–Kier alpha value is -1.40. The third-order valence-corrected chi connectivity index (χ3v) is 4.36. The first-order valence-corrected chi connectivity index (χ1v) is 7.17. The number of hydrogen-bond donors (Lipinski definition) is 2. The van der Waals surface area contributed by atoms with Crippen LogP contribution in [0.15, 0.2) is 18.2 Å². The van der Waals surface area contributed by atoms with Crippen molar-refractivity contribution in [2.75, 3.05) is 16.9 Å². The molecule has 0 radical (unpaired) electrons. The molecule has 0 bridgehead atoms. The number of urea groups is 1. The van der Waals surface area contributed by atoms with Crippen molar-refractivity contribution < 1.29 is 14.7 Å². The lowest BCUT2D eigenvalue weighted by Crippen LogP contribution is -2.44. The number of aliphatic carboxylic acids is 1. The summed E-state index contributed by atoms with van der Waals surface area (Å²) in [4.78, 5) is 24.4. The summed E-state index contributed by atoms with van der Waals surface area (Å²) in [5.41, 5.74) is 1.36. The Labute approximate surface area is 119 Å². The van der Waals surface area contributed by atoms with Crippen LogP contribution in [-0.2, 0) is 4.79 Å². The normalized spacial score (nSPS) is 18.4. The Kier molecular flexibility index (Phi) is 4.21. The van der Waals surface area contributed by atoms with Gasteiger partial charge in [0.1, 0.15) is 6.04 Å². The molecule has 0 spiro atoms. The fourth-order valence-corrected chi connectivity index (χ4v) is 3.10. The summed E-state index contributed by atoms with van der Waals surface area (Å²) in [7, 11) is 0. The molecule has 1 aromatic carbocycles. The second-order valence-corrected chi connectivity index (χ2v) is 5.57. The van der Waals surface area contributed by atoms with Gasteiger partial charge in [-0.15, -0.1) is 11.8 Å². The predicted molar refractivity (Wildman–Crippen MR) is 75.8 cm³/mol. The highest BCUT2D eigenvalue weighted by atomic mass is 35.5. The Balaban J connectivity index is 2.13. The molecule has 0 unspecified atom stereocenters. The van der Waals surface area contributed by atoms with E-state index >= 15 is 0 Å². The van der Waals surface area contributed by atoms with Crippen molar-refractivity contribution in [2.24, 2.45) is 0 Å². The number of nitrogens with one attached hydrogen (secondary N) is 1. The lowest BCUT2D eigenvalue weighted by atomic mass is 10.2. The van der Waals surface area contributed by atoms with Crippen molar-refractivity contribution in [1.82, 2.24) is 4.90 Å². The van der Waals surface area contributed by atoms with E-state index in [4.69, 9.17) is 16.7 Å². The molecule has 7 heteroatoms. The van der Waals surface area contributed by atoms with E-state index in [2.05, 4.69) is 5.32 Å². The number of anilines is 1.